The van der Waals surface area contributed by atoms with E-state index in [2.05, 4.69) is 77.6 Å². The number of hydrogen-bond acceptors (Lipinski definition) is 0. The molecule has 0 fully saturated rings. The van der Waals surface area contributed by atoms with Crippen molar-refractivity contribution in [1.29, 1.82) is 0 Å². The predicted octanol–water partition coefficient (Wildman–Crippen LogP) is 5.88. The third kappa shape index (κ3) is 2.76. The molecule has 0 aliphatic carbocycles. The number of halogens is 4. The summed E-state index contributed by atoms with van der Waals surface area (Å²) in [6.45, 7) is 4.43. The zero-order valence-electron chi connectivity index (χ0n) is 9.34. The van der Waals surface area contributed by atoms with Gasteiger partial charge in [0.25, 0.3) is 0 Å². The van der Waals surface area contributed by atoms with Gasteiger partial charge in [0.15, 0.2) is 0 Å². The van der Waals surface area contributed by atoms with Crippen molar-refractivity contribution in [2.75, 3.05) is 0 Å². The van der Waals surface area contributed by atoms with Gasteiger partial charge >= 0.3 is 0 Å². The Balaban J connectivity index is 3.61. The van der Waals surface area contributed by atoms with Gasteiger partial charge in [-0.25, -0.2) is 0 Å². The van der Waals surface area contributed by atoms with Crippen LogP contribution < -0.4 is 0 Å². The van der Waals surface area contributed by atoms with Crippen LogP contribution in [0, 0.1) is 13.8 Å². The van der Waals surface area contributed by atoms with Gasteiger partial charge in [0.05, 0.1) is 0 Å². The van der Waals surface area contributed by atoms with Crippen LogP contribution in [0.5, 0.6) is 0 Å². The number of benzene rings is 1. The van der Waals surface area contributed by atoms with Crippen molar-refractivity contribution in [1.82, 2.24) is 0 Å². The van der Waals surface area contributed by atoms with Crippen LogP contribution in [0.15, 0.2) is 0 Å². The van der Waals surface area contributed by atoms with Gasteiger partial charge in [-0.3, -0.25) is 0 Å². The SMILES string of the molecule is Cc1c(CBr)c(C)c(CBr)c(CBr)c1CBr. The van der Waals surface area contributed by atoms with Gasteiger partial charge in [-0.05, 0) is 47.2 Å². The zero-order valence-corrected chi connectivity index (χ0v) is 15.7. The van der Waals surface area contributed by atoms with E-state index in [9.17, 15) is 0 Å². The van der Waals surface area contributed by atoms with Crippen LogP contribution in [-0.2, 0) is 21.3 Å². The van der Waals surface area contributed by atoms with Crippen molar-refractivity contribution in [3.8, 4) is 0 Å². The lowest BCUT2D eigenvalue weighted by Gasteiger charge is -2.20. The molecule has 0 aromatic heterocycles. The third-order valence-electron chi connectivity index (χ3n) is 3.07. The second-order valence-corrected chi connectivity index (χ2v) is 5.94. The minimum atomic E-state index is 0.916. The average molecular weight is 478 g/mol. The van der Waals surface area contributed by atoms with Crippen LogP contribution in [0.25, 0.3) is 0 Å². The molecule has 4 heteroatoms. The fourth-order valence-electron chi connectivity index (χ4n) is 2.00. The Morgan fingerprint density at radius 1 is 0.562 bits per heavy atom. The highest BCUT2D eigenvalue weighted by Crippen LogP contribution is 2.33. The van der Waals surface area contributed by atoms with E-state index in [1.165, 1.54) is 33.4 Å². The Bertz CT molecular complexity index is 354. The van der Waals surface area contributed by atoms with Crippen molar-refractivity contribution in [2.45, 2.75) is 35.2 Å². The zero-order chi connectivity index (χ0) is 12.3. The quantitative estimate of drug-likeness (QED) is 0.475. The van der Waals surface area contributed by atoms with Gasteiger partial charge in [0.2, 0.25) is 0 Å². The second kappa shape index (κ2) is 6.91. The highest BCUT2D eigenvalue weighted by Gasteiger charge is 2.16. The maximum Gasteiger partial charge on any atom is 0.0289 e. The summed E-state index contributed by atoms with van der Waals surface area (Å²) in [6, 6.07) is 0. The molecule has 0 aliphatic heterocycles. The van der Waals surface area contributed by atoms with E-state index in [0.717, 1.165) is 21.3 Å². The first-order valence-electron chi connectivity index (χ1n) is 4.98. The standard InChI is InChI=1S/C12H14Br4/c1-7-9(3-13)8(2)11(5-15)12(6-16)10(7)4-14/h3-6H2,1-2H3. The summed E-state index contributed by atoms with van der Waals surface area (Å²) in [5.74, 6) is 0. The molecular weight excluding hydrogens is 464 g/mol. The molecule has 0 heterocycles. The first kappa shape index (κ1) is 15.2. The number of rotatable bonds is 4. The van der Waals surface area contributed by atoms with Crippen molar-refractivity contribution in [3.05, 3.63) is 33.4 Å². The highest BCUT2D eigenvalue weighted by molar-refractivity contribution is 9.09. The Labute approximate surface area is 131 Å². The monoisotopic (exact) mass is 474 g/mol. The van der Waals surface area contributed by atoms with Gasteiger partial charge in [-0.2, -0.15) is 0 Å². The Hall–Kier alpha value is 1.14. The van der Waals surface area contributed by atoms with E-state index >= 15 is 0 Å². The lowest BCUT2D eigenvalue weighted by atomic mass is 9.90. The van der Waals surface area contributed by atoms with Crippen LogP contribution in [0.2, 0.25) is 0 Å². The predicted molar refractivity (Wildman–Crippen MR) is 86.4 cm³/mol. The van der Waals surface area contributed by atoms with Crippen LogP contribution in [0.1, 0.15) is 33.4 Å². The molecule has 0 radical (unpaired) electrons. The van der Waals surface area contributed by atoms with E-state index < -0.39 is 0 Å². The molecule has 0 aliphatic rings. The van der Waals surface area contributed by atoms with Crippen LogP contribution in [0.4, 0.5) is 0 Å². The summed E-state index contributed by atoms with van der Waals surface area (Å²) in [7, 11) is 0. The van der Waals surface area contributed by atoms with E-state index in [0.29, 0.717) is 0 Å². The van der Waals surface area contributed by atoms with Crippen molar-refractivity contribution in [2.24, 2.45) is 0 Å². The molecule has 1 aromatic carbocycles. The molecule has 90 valence electrons. The minimum Gasteiger partial charge on any atom is -0.0876 e. The summed E-state index contributed by atoms with van der Waals surface area (Å²) < 4.78 is 0. The normalized spacial score (nSPS) is 10.9. The number of hydrogen-bond donors (Lipinski definition) is 0. The second-order valence-electron chi connectivity index (χ2n) is 3.70. The van der Waals surface area contributed by atoms with Gasteiger partial charge in [0, 0.05) is 21.3 Å². The summed E-state index contributed by atoms with van der Waals surface area (Å²) in [5, 5.41) is 3.67. The average Bonchev–Trinajstić information content (AvgIpc) is 2.29. The van der Waals surface area contributed by atoms with E-state index in [1.54, 1.807) is 0 Å². The molecule has 0 spiro atoms. The van der Waals surface area contributed by atoms with E-state index in [1.807, 2.05) is 0 Å². The Morgan fingerprint density at radius 2 is 0.875 bits per heavy atom. The molecule has 0 unspecified atom stereocenters. The molecular formula is C12H14Br4. The first-order chi connectivity index (χ1) is 7.62. The lowest BCUT2D eigenvalue weighted by Crippen LogP contribution is -2.06. The smallest absolute Gasteiger partial charge is 0.0289 e. The fourth-order valence-corrected chi connectivity index (χ4v) is 5.04. The van der Waals surface area contributed by atoms with Crippen molar-refractivity contribution in [3.63, 3.8) is 0 Å². The molecule has 0 atom stereocenters. The van der Waals surface area contributed by atoms with Gasteiger partial charge < -0.3 is 0 Å². The van der Waals surface area contributed by atoms with Crippen molar-refractivity contribution < 1.29 is 0 Å². The Kier molecular flexibility index (Phi) is 6.56. The fraction of sp³-hybridized carbons (Fsp3) is 0.500. The molecule has 0 saturated heterocycles. The van der Waals surface area contributed by atoms with Gasteiger partial charge in [-0.1, -0.05) is 63.7 Å². The molecule has 0 N–H and O–H groups in total. The van der Waals surface area contributed by atoms with E-state index in [-0.39, 0.29) is 0 Å². The van der Waals surface area contributed by atoms with Crippen LogP contribution in [0.3, 0.4) is 0 Å². The highest BCUT2D eigenvalue weighted by atomic mass is 79.9. The maximum absolute atomic E-state index is 3.60. The summed E-state index contributed by atoms with van der Waals surface area (Å²) in [6.07, 6.45) is 0. The molecule has 1 aromatic rings. The molecule has 1 rings (SSSR count). The first-order valence-corrected chi connectivity index (χ1v) is 9.47. The van der Waals surface area contributed by atoms with Gasteiger partial charge in [0.1, 0.15) is 0 Å². The summed E-state index contributed by atoms with van der Waals surface area (Å²) >= 11 is 14.4. The summed E-state index contributed by atoms with van der Waals surface area (Å²) in [5.41, 5.74) is 8.51. The molecule has 0 nitrogen and oxygen atoms in total. The molecule has 0 bridgehead atoms. The Morgan fingerprint density at radius 3 is 1.12 bits per heavy atom. The topological polar surface area (TPSA) is 0 Å². The third-order valence-corrected chi connectivity index (χ3v) is 5.32. The largest absolute Gasteiger partial charge is 0.0876 e. The maximum atomic E-state index is 3.60. The minimum absolute atomic E-state index is 0.916. The van der Waals surface area contributed by atoms with Crippen LogP contribution >= 0.6 is 63.7 Å². The number of alkyl halides is 4. The molecule has 16 heavy (non-hydrogen) atoms. The van der Waals surface area contributed by atoms with Crippen molar-refractivity contribution >= 4 is 63.7 Å². The van der Waals surface area contributed by atoms with Gasteiger partial charge in [-0.15, -0.1) is 0 Å². The summed E-state index contributed by atoms with van der Waals surface area (Å²) in [4.78, 5) is 0. The molecule has 0 saturated carbocycles. The lowest BCUT2D eigenvalue weighted by molar-refractivity contribution is 1.10. The van der Waals surface area contributed by atoms with E-state index in [4.69, 9.17) is 0 Å². The van der Waals surface area contributed by atoms with Crippen LogP contribution in [-0.4, -0.2) is 0 Å². The molecule has 0 amide bonds.